The number of amides is 1. The molecule has 1 aromatic carbocycles. The molecule has 3 heterocycles. The Bertz CT molecular complexity index is 819. The van der Waals surface area contributed by atoms with Crippen molar-refractivity contribution in [2.45, 2.75) is 38.0 Å². The Morgan fingerprint density at radius 1 is 1.22 bits per heavy atom. The number of morpholine rings is 1. The largest absolute Gasteiger partial charge is 0.437 e. The molecule has 0 unspecified atom stereocenters. The van der Waals surface area contributed by atoms with Gasteiger partial charge >= 0.3 is 12.0 Å². The monoisotopic (exact) mass is 393 g/mol. The molecule has 0 aliphatic carbocycles. The molecule has 0 N–H and O–H groups in total. The van der Waals surface area contributed by atoms with Crippen LogP contribution < -0.4 is 4.90 Å². The fourth-order valence-electron chi connectivity index (χ4n) is 3.73. The van der Waals surface area contributed by atoms with Crippen molar-refractivity contribution >= 4 is 22.9 Å². The van der Waals surface area contributed by atoms with Crippen molar-refractivity contribution in [3.8, 4) is 0 Å². The number of alkyl halides is 2. The topological polar surface area (TPSA) is 45.7 Å². The average molecular weight is 393 g/mol. The molecule has 1 amide bonds. The zero-order valence-corrected chi connectivity index (χ0v) is 15.8. The van der Waals surface area contributed by atoms with E-state index in [4.69, 9.17) is 4.74 Å². The number of aryl methyl sites for hydroxylation is 1. The van der Waals surface area contributed by atoms with Gasteiger partial charge in [0.2, 0.25) is 0 Å². The van der Waals surface area contributed by atoms with Gasteiger partial charge in [0.1, 0.15) is 5.01 Å². The number of likely N-dealkylation sites (tertiary alicyclic amines) is 1. The van der Waals surface area contributed by atoms with Gasteiger partial charge in [0.15, 0.2) is 0 Å². The lowest BCUT2D eigenvalue weighted by Gasteiger charge is -2.48. The molecule has 2 aliphatic heterocycles. The lowest BCUT2D eigenvalue weighted by Crippen LogP contribution is -2.64. The van der Waals surface area contributed by atoms with E-state index < -0.39 is 17.6 Å². The molecule has 2 aliphatic rings. The predicted octanol–water partition coefficient (Wildman–Crippen LogP) is 3.44. The van der Waals surface area contributed by atoms with E-state index in [2.05, 4.69) is 9.88 Å². The van der Waals surface area contributed by atoms with Crippen LogP contribution >= 0.6 is 11.3 Å². The van der Waals surface area contributed by atoms with Crippen molar-refractivity contribution in [3.63, 3.8) is 0 Å². The van der Waals surface area contributed by atoms with Crippen molar-refractivity contribution in [1.82, 2.24) is 9.88 Å². The highest BCUT2D eigenvalue weighted by atomic mass is 32.1. The molecule has 1 spiro atoms. The fraction of sp³-hybridized carbons (Fsp3) is 0.474. The summed E-state index contributed by atoms with van der Waals surface area (Å²) >= 11 is 1.61. The summed E-state index contributed by atoms with van der Waals surface area (Å²) in [5.74, 6) is -1.29. The number of rotatable bonds is 3. The van der Waals surface area contributed by atoms with E-state index in [-0.39, 0.29) is 6.54 Å². The molecule has 2 fully saturated rings. The van der Waals surface area contributed by atoms with Crippen LogP contribution in [0.3, 0.4) is 0 Å². The van der Waals surface area contributed by atoms with E-state index in [1.54, 1.807) is 41.7 Å². The maximum absolute atomic E-state index is 14.4. The second-order valence-electron chi connectivity index (χ2n) is 7.19. The van der Waals surface area contributed by atoms with Crippen molar-refractivity contribution < 1.29 is 18.3 Å². The first kappa shape index (κ1) is 18.5. The average Bonchev–Trinajstić information content (AvgIpc) is 3.06. The van der Waals surface area contributed by atoms with Gasteiger partial charge in [0, 0.05) is 29.9 Å². The number of carbonyl (C=O) groups is 1. The van der Waals surface area contributed by atoms with Crippen LogP contribution in [-0.4, -0.2) is 47.1 Å². The molecule has 144 valence electrons. The van der Waals surface area contributed by atoms with E-state index in [0.29, 0.717) is 38.2 Å². The molecule has 1 aromatic heterocycles. The summed E-state index contributed by atoms with van der Waals surface area (Å²) < 4.78 is 33.9. The number of carbonyl (C=O) groups excluding carboxylic acids is 1. The third-order valence-electron chi connectivity index (χ3n) is 5.15. The van der Waals surface area contributed by atoms with Gasteiger partial charge in [0.25, 0.3) is 0 Å². The van der Waals surface area contributed by atoms with Crippen LogP contribution in [-0.2, 0) is 16.1 Å². The summed E-state index contributed by atoms with van der Waals surface area (Å²) in [5.41, 5.74) is 0.448. The van der Waals surface area contributed by atoms with Crippen LogP contribution in [0.5, 0.6) is 0 Å². The van der Waals surface area contributed by atoms with Gasteiger partial charge in [-0.2, -0.15) is 8.78 Å². The van der Waals surface area contributed by atoms with Crippen LogP contribution in [0.1, 0.15) is 23.5 Å². The maximum Gasteiger partial charge on any atom is 0.437 e. The first-order chi connectivity index (χ1) is 12.9. The van der Waals surface area contributed by atoms with Crippen molar-refractivity contribution in [2.75, 3.05) is 24.5 Å². The van der Waals surface area contributed by atoms with Crippen LogP contribution in [0, 0.1) is 6.92 Å². The van der Waals surface area contributed by atoms with E-state index >= 15 is 0 Å². The highest BCUT2D eigenvalue weighted by Gasteiger charge is 2.57. The smallest absolute Gasteiger partial charge is 0.304 e. The van der Waals surface area contributed by atoms with E-state index in [0.717, 1.165) is 10.7 Å². The first-order valence-corrected chi connectivity index (χ1v) is 9.83. The van der Waals surface area contributed by atoms with E-state index in [1.165, 1.54) is 4.90 Å². The second-order valence-corrected chi connectivity index (χ2v) is 8.13. The van der Waals surface area contributed by atoms with Gasteiger partial charge in [-0.3, -0.25) is 9.69 Å². The predicted molar refractivity (Wildman–Crippen MR) is 98.9 cm³/mol. The van der Waals surface area contributed by atoms with Gasteiger partial charge < -0.3 is 9.64 Å². The molecule has 0 atom stereocenters. The van der Waals surface area contributed by atoms with Crippen molar-refractivity contribution in [1.29, 1.82) is 0 Å². The third kappa shape index (κ3) is 3.74. The quantitative estimate of drug-likeness (QED) is 0.801. The summed E-state index contributed by atoms with van der Waals surface area (Å²) in [6.45, 7) is 4.08. The number of para-hydroxylation sites is 1. The van der Waals surface area contributed by atoms with Crippen LogP contribution in [0.25, 0.3) is 0 Å². The maximum atomic E-state index is 14.4. The molecule has 8 heteroatoms. The fourth-order valence-corrected chi connectivity index (χ4v) is 4.54. The SMILES string of the molecule is Cc1csc(CN2CCC3(CC2)CN(c2ccccc2)C(=O)C(F)(F)O3)n1. The molecule has 2 saturated heterocycles. The van der Waals surface area contributed by atoms with Crippen molar-refractivity contribution in [2.24, 2.45) is 0 Å². The summed E-state index contributed by atoms with van der Waals surface area (Å²) in [7, 11) is 0. The first-order valence-electron chi connectivity index (χ1n) is 8.95. The molecule has 27 heavy (non-hydrogen) atoms. The molecule has 0 saturated carbocycles. The van der Waals surface area contributed by atoms with Gasteiger partial charge in [0.05, 0.1) is 18.7 Å². The Morgan fingerprint density at radius 3 is 2.56 bits per heavy atom. The number of hydrogen-bond acceptors (Lipinski definition) is 5. The number of aromatic nitrogens is 1. The lowest BCUT2D eigenvalue weighted by atomic mass is 9.88. The number of ether oxygens (including phenoxy) is 1. The number of hydrogen-bond donors (Lipinski definition) is 0. The van der Waals surface area contributed by atoms with Gasteiger partial charge in [-0.1, -0.05) is 18.2 Å². The normalized spacial score (nSPS) is 22.3. The molecule has 4 rings (SSSR count). The third-order valence-corrected chi connectivity index (χ3v) is 6.10. The van der Waals surface area contributed by atoms with Crippen LogP contribution in [0.4, 0.5) is 14.5 Å². The number of thiazole rings is 1. The van der Waals surface area contributed by atoms with Crippen molar-refractivity contribution in [3.05, 3.63) is 46.4 Å². The number of halogens is 2. The van der Waals surface area contributed by atoms with Crippen LogP contribution in [0.15, 0.2) is 35.7 Å². The summed E-state index contributed by atoms with van der Waals surface area (Å²) in [5, 5.41) is 3.04. The lowest BCUT2D eigenvalue weighted by molar-refractivity contribution is -0.293. The minimum atomic E-state index is -3.80. The summed E-state index contributed by atoms with van der Waals surface area (Å²) in [6.07, 6.45) is -2.91. The standard InChI is InChI=1S/C19H21F2N3O2S/c1-14-12-27-16(22-14)11-23-9-7-18(8-10-23)13-24(15-5-3-2-4-6-15)17(25)19(20,21)26-18/h2-6,12H,7-11,13H2,1H3. The Kier molecular flexibility index (Phi) is 4.73. The molecule has 5 nitrogen and oxygen atoms in total. The Balaban J connectivity index is 1.49. The second kappa shape index (κ2) is 6.92. The Morgan fingerprint density at radius 2 is 1.93 bits per heavy atom. The minimum absolute atomic E-state index is 0.148. The molecular weight excluding hydrogens is 372 g/mol. The number of piperidine rings is 1. The minimum Gasteiger partial charge on any atom is -0.304 e. The van der Waals surface area contributed by atoms with Crippen LogP contribution in [0.2, 0.25) is 0 Å². The number of benzene rings is 1. The highest BCUT2D eigenvalue weighted by Crippen LogP contribution is 2.40. The van der Waals surface area contributed by atoms with Gasteiger partial charge in [-0.05, 0) is 31.9 Å². The molecular formula is C19H21F2N3O2S. The summed E-state index contributed by atoms with van der Waals surface area (Å²) in [4.78, 5) is 20.1. The number of anilines is 1. The molecule has 0 bridgehead atoms. The molecule has 2 aromatic rings. The summed E-state index contributed by atoms with van der Waals surface area (Å²) in [6, 6.07) is 8.62. The highest BCUT2D eigenvalue weighted by molar-refractivity contribution is 7.09. The van der Waals surface area contributed by atoms with E-state index in [1.807, 2.05) is 12.3 Å². The molecule has 0 radical (unpaired) electrons. The zero-order chi connectivity index (χ0) is 19.1. The van der Waals surface area contributed by atoms with Gasteiger partial charge in [-0.15, -0.1) is 11.3 Å². The Hall–Kier alpha value is -1.90. The Labute approximate surface area is 160 Å². The van der Waals surface area contributed by atoms with Gasteiger partial charge in [-0.25, -0.2) is 4.98 Å². The van der Waals surface area contributed by atoms with E-state index in [9.17, 15) is 13.6 Å². The number of nitrogens with zero attached hydrogens (tertiary/aromatic N) is 3. The zero-order valence-electron chi connectivity index (χ0n) is 15.0.